The highest BCUT2D eigenvalue weighted by Gasteiger charge is 2.27. The summed E-state index contributed by atoms with van der Waals surface area (Å²) in [5.74, 6) is 0. The lowest BCUT2D eigenvalue weighted by Crippen LogP contribution is -2.20. The number of hydrogen-bond donors (Lipinski definition) is 1. The zero-order valence-corrected chi connectivity index (χ0v) is 11.5. The van der Waals surface area contributed by atoms with Crippen LogP contribution in [0.1, 0.15) is 49.2 Å². The number of nitrogens with zero attached hydrogens (tertiary/aromatic N) is 2. The third-order valence-electron chi connectivity index (χ3n) is 3.04. The first-order valence-electron chi connectivity index (χ1n) is 6.44. The summed E-state index contributed by atoms with van der Waals surface area (Å²) >= 11 is 0. The summed E-state index contributed by atoms with van der Waals surface area (Å²) in [6.45, 7) is 3.80. The van der Waals surface area contributed by atoms with E-state index in [0.29, 0.717) is 6.42 Å². The van der Waals surface area contributed by atoms with Gasteiger partial charge in [-0.15, -0.1) is 0 Å². The number of aromatic nitrogens is 2. The van der Waals surface area contributed by atoms with E-state index in [0.717, 1.165) is 23.4 Å². The molecule has 1 heterocycles. The molecule has 1 aromatic rings. The van der Waals surface area contributed by atoms with Crippen LogP contribution in [0, 0.1) is 6.92 Å². The lowest BCUT2D eigenvalue weighted by atomic mass is 9.98. The molecule has 1 aromatic heterocycles. The number of alkyl halides is 3. The minimum atomic E-state index is -4.09. The SMILES string of the molecule is CCc1nnc(C)cc1C(CCCC(F)(F)F)NC. The number of halogens is 3. The molecule has 108 valence electrons. The predicted molar refractivity (Wildman–Crippen MR) is 67.9 cm³/mol. The average Bonchev–Trinajstić information content (AvgIpc) is 2.33. The minimum absolute atomic E-state index is 0.105. The molecule has 0 radical (unpaired) electrons. The molecule has 6 heteroatoms. The number of hydrogen-bond acceptors (Lipinski definition) is 3. The average molecular weight is 275 g/mol. The Morgan fingerprint density at radius 3 is 2.53 bits per heavy atom. The van der Waals surface area contributed by atoms with Gasteiger partial charge in [-0.2, -0.15) is 23.4 Å². The molecule has 0 aliphatic heterocycles. The maximum absolute atomic E-state index is 12.2. The molecule has 0 amide bonds. The van der Waals surface area contributed by atoms with Crippen molar-refractivity contribution in [2.24, 2.45) is 0 Å². The van der Waals surface area contributed by atoms with Crippen LogP contribution in [0.2, 0.25) is 0 Å². The fourth-order valence-electron chi connectivity index (χ4n) is 2.07. The van der Waals surface area contributed by atoms with Crippen molar-refractivity contribution in [2.45, 2.75) is 51.7 Å². The maximum atomic E-state index is 12.2. The van der Waals surface area contributed by atoms with Gasteiger partial charge < -0.3 is 5.32 Å². The van der Waals surface area contributed by atoms with Crippen LogP contribution in [-0.4, -0.2) is 23.4 Å². The van der Waals surface area contributed by atoms with Crippen molar-refractivity contribution >= 4 is 0 Å². The molecule has 1 atom stereocenters. The van der Waals surface area contributed by atoms with Gasteiger partial charge in [-0.25, -0.2) is 0 Å². The first-order valence-corrected chi connectivity index (χ1v) is 6.44. The Labute approximate surface area is 111 Å². The molecule has 0 bridgehead atoms. The van der Waals surface area contributed by atoms with E-state index in [1.54, 1.807) is 7.05 Å². The van der Waals surface area contributed by atoms with Crippen molar-refractivity contribution in [1.82, 2.24) is 15.5 Å². The molecular weight excluding hydrogens is 255 g/mol. The van der Waals surface area contributed by atoms with Gasteiger partial charge in [-0.05, 0) is 44.9 Å². The molecule has 0 aliphatic rings. The second-order valence-corrected chi connectivity index (χ2v) is 4.59. The second kappa shape index (κ2) is 6.84. The molecule has 0 saturated heterocycles. The molecule has 1 N–H and O–H groups in total. The fraction of sp³-hybridized carbons (Fsp3) is 0.692. The van der Waals surface area contributed by atoms with Gasteiger partial charge in [-0.3, -0.25) is 0 Å². The van der Waals surface area contributed by atoms with E-state index < -0.39 is 12.6 Å². The Morgan fingerprint density at radius 1 is 1.32 bits per heavy atom. The highest BCUT2D eigenvalue weighted by Crippen LogP contribution is 2.27. The highest BCUT2D eigenvalue weighted by molar-refractivity contribution is 5.24. The van der Waals surface area contributed by atoms with E-state index in [2.05, 4.69) is 15.5 Å². The number of aryl methyl sites for hydroxylation is 2. The van der Waals surface area contributed by atoms with Crippen LogP contribution in [0.3, 0.4) is 0 Å². The zero-order valence-electron chi connectivity index (χ0n) is 11.5. The molecule has 0 spiro atoms. The Morgan fingerprint density at radius 2 is 2.00 bits per heavy atom. The molecule has 1 unspecified atom stereocenters. The van der Waals surface area contributed by atoms with Crippen molar-refractivity contribution in [3.05, 3.63) is 23.0 Å². The van der Waals surface area contributed by atoms with Crippen molar-refractivity contribution in [3.63, 3.8) is 0 Å². The molecule has 3 nitrogen and oxygen atoms in total. The second-order valence-electron chi connectivity index (χ2n) is 4.59. The zero-order chi connectivity index (χ0) is 14.5. The van der Waals surface area contributed by atoms with Crippen LogP contribution >= 0.6 is 0 Å². The first-order chi connectivity index (χ1) is 8.87. The quantitative estimate of drug-likeness (QED) is 0.865. The van der Waals surface area contributed by atoms with E-state index >= 15 is 0 Å². The topological polar surface area (TPSA) is 37.8 Å². The summed E-state index contributed by atoms with van der Waals surface area (Å²) in [4.78, 5) is 0. The predicted octanol–water partition coefficient (Wildman–Crippen LogP) is 3.34. The van der Waals surface area contributed by atoms with Crippen molar-refractivity contribution in [1.29, 1.82) is 0 Å². The third kappa shape index (κ3) is 5.14. The normalized spacial score (nSPS) is 13.6. The molecule has 0 aliphatic carbocycles. The molecule has 19 heavy (non-hydrogen) atoms. The van der Waals surface area contributed by atoms with Crippen molar-refractivity contribution in [3.8, 4) is 0 Å². The summed E-state index contributed by atoms with van der Waals surface area (Å²) in [5.41, 5.74) is 2.58. The van der Waals surface area contributed by atoms with Crippen LogP contribution < -0.4 is 5.32 Å². The fourth-order valence-corrected chi connectivity index (χ4v) is 2.07. The smallest absolute Gasteiger partial charge is 0.313 e. The van der Waals surface area contributed by atoms with E-state index in [-0.39, 0.29) is 12.5 Å². The summed E-state index contributed by atoms with van der Waals surface area (Å²) in [6.07, 6.45) is -3.56. The van der Waals surface area contributed by atoms with Crippen LogP contribution in [0.25, 0.3) is 0 Å². The lowest BCUT2D eigenvalue weighted by molar-refractivity contribution is -0.135. The maximum Gasteiger partial charge on any atom is 0.389 e. The third-order valence-corrected chi connectivity index (χ3v) is 3.04. The molecule has 1 rings (SSSR count). The first kappa shape index (κ1) is 15.9. The minimum Gasteiger partial charge on any atom is -0.313 e. The Balaban J connectivity index is 2.76. The van der Waals surface area contributed by atoms with Gasteiger partial charge in [0, 0.05) is 12.5 Å². The van der Waals surface area contributed by atoms with Gasteiger partial charge in [0.1, 0.15) is 0 Å². The number of nitrogens with one attached hydrogen (secondary N) is 1. The van der Waals surface area contributed by atoms with Crippen LogP contribution in [0.15, 0.2) is 6.07 Å². The monoisotopic (exact) mass is 275 g/mol. The Bertz CT molecular complexity index is 405. The van der Waals surface area contributed by atoms with Gasteiger partial charge in [0.25, 0.3) is 0 Å². The van der Waals surface area contributed by atoms with Crippen molar-refractivity contribution in [2.75, 3.05) is 7.05 Å². The lowest BCUT2D eigenvalue weighted by Gasteiger charge is -2.19. The van der Waals surface area contributed by atoms with Gasteiger partial charge >= 0.3 is 6.18 Å². The summed E-state index contributed by atoms with van der Waals surface area (Å²) in [5, 5.41) is 11.2. The van der Waals surface area contributed by atoms with Crippen molar-refractivity contribution < 1.29 is 13.2 Å². The van der Waals surface area contributed by atoms with Crippen LogP contribution in [0.4, 0.5) is 13.2 Å². The van der Waals surface area contributed by atoms with E-state index in [1.807, 2.05) is 19.9 Å². The summed E-state index contributed by atoms with van der Waals surface area (Å²) in [7, 11) is 1.76. The standard InChI is InChI=1S/C13H20F3N3/c1-4-11-10(8-9(2)18-19-11)12(17-3)6-5-7-13(14,15)16/h8,12,17H,4-7H2,1-3H3. The van der Waals surface area contributed by atoms with E-state index in [4.69, 9.17) is 0 Å². The molecular formula is C13H20F3N3. The molecule has 0 aromatic carbocycles. The number of rotatable bonds is 6. The largest absolute Gasteiger partial charge is 0.389 e. The van der Waals surface area contributed by atoms with Crippen LogP contribution in [0.5, 0.6) is 0 Å². The van der Waals surface area contributed by atoms with Gasteiger partial charge in [0.05, 0.1) is 11.4 Å². The summed E-state index contributed by atoms with van der Waals surface area (Å²) < 4.78 is 36.5. The van der Waals surface area contributed by atoms with Gasteiger partial charge in [-0.1, -0.05) is 6.92 Å². The Hall–Kier alpha value is -1.17. The van der Waals surface area contributed by atoms with E-state index in [1.165, 1.54) is 0 Å². The highest BCUT2D eigenvalue weighted by atomic mass is 19.4. The van der Waals surface area contributed by atoms with Gasteiger partial charge in [0.15, 0.2) is 0 Å². The van der Waals surface area contributed by atoms with E-state index in [9.17, 15) is 13.2 Å². The molecule has 0 saturated carbocycles. The van der Waals surface area contributed by atoms with Gasteiger partial charge in [0.2, 0.25) is 0 Å². The summed E-state index contributed by atoms with van der Waals surface area (Å²) in [6, 6.07) is 1.80. The van der Waals surface area contributed by atoms with Crippen LogP contribution in [-0.2, 0) is 6.42 Å². The Kier molecular flexibility index (Phi) is 5.72. The molecule has 0 fully saturated rings.